The van der Waals surface area contributed by atoms with Gasteiger partial charge >= 0.3 is 6.09 Å². The number of hydrogen-bond acceptors (Lipinski definition) is 5. The number of hydrogen-bond donors (Lipinski definition) is 0. The third-order valence-corrected chi connectivity index (χ3v) is 5.74. The van der Waals surface area contributed by atoms with Crippen LogP contribution < -0.4 is 0 Å². The Labute approximate surface area is 170 Å². The first-order valence-electron chi connectivity index (χ1n) is 10.1. The van der Waals surface area contributed by atoms with Gasteiger partial charge in [0.1, 0.15) is 17.0 Å². The average molecular weight is 397 g/mol. The third-order valence-electron chi connectivity index (χ3n) is 5.74. The summed E-state index contributed by atoms with van der Waals surface area (Å²) < 4.78 is 10.7. The number of ether oxygens (including phenoxy) is 1. The zero-order chi connectivity index (χ0) is 20.6. The van der Waals surface area contributed by atoms with Gasteiger partial charge in [-0.05, 0) is 19.8 Å². The van der Waals surface area contributed by atoms with Crippen LogP contribution in [0, 0.1) is 12.3 Å². The number of benzene rings is 1. The Hall–Kier alpha value is -2.83. The number of amides is 2. The fraction of sp³-hybridized carbons (Fsp3) is 0.500. The summed E-state index contributed by atoms with van der Waals surface area (Å²) in [5, 5.41) is 4.12. The molecule has 29 heavy (non-hydrogen) atoms. The summed E-state index contributed by atoms with van der Waals surface area (Å²) in [6, 6.07) is 9.70. The first-order valence-corrected chi connectivity index (χ1v) is 10.1. The number of aryl methyl sites for hydroxylation is 1. The van der Waals surface area contributed by atoms with Crippen molar-refractivity contribution in [2.24, 2.45) is 5.41 Å². The molecule has 0 aliphatic carbocycles. The Morgan fingerprint density at radius 3 is 2.55 bits per heavy atom. The highest BCUT2D eigenvalue weighted by Gasteiger charge is 2.39. The smallest absolute Gasteiger partial charge is 0.410 e. The Balaban J connectivity index is 1.47. The number of cyclic esters (lactones) is 1. The molecule has 2 amide bonds. The number of piperidine rings is 1. The molecular formula is C22H27N3O4. The fourth-order valence-electron chi connectivity index (χ4n) is 4.15. The maximum atomic E-state index is 13.2. The largest absolute Gasteiger partial charge is 0.449 e. The van der Waals surface area contributed by atoms with Crippen LogP contribution in [0.1, 0.15) is 42.8 Å². The highest BCUT2D eigenvalue weighted by atomic mass is 16.6. The number of rotatable bonds is 3. The molecule has 7 heteroatoms. The van der Waals surface area contributed by atoms with Crippen LogP contribution in [0.5, 0.6) is 0 Å². The minimum Gasteiger partial charge on any atom is -0.449 e. The van der Waals surface area contributed by atoms with E-state index in [1.807, 2.05) is 40.1 Å². The van der Waals surface area contributed by atoms with E-state index in [2.05, 4.69) is 19.0 Å². The summed E-state index contributed by atoms with van der Waals surface area (Å²) in [5.41, 5.74) is 1.91. The predicted molar refractivity (Wildman–Crippen MR) is 107 cm³/mol. The lowest BCUT2D eigenvalue weighted by Gasteiger charge is -2.44. The van der Waals surface area contributed by atoms with Crippen LogP contribution >= 0.6 is 0 Å². The number of nitrogens with zero attached hydrogens (tertiary/aromatic N) is 3. The SMILES string of the molecule is Cc1onc(-c2ccccc2)c1C(=O)N1CCC(N2CC(C)(C)COC2=O)CC1. The quantitative estimate of drug-likeness (QED) is 0.789. The zero-order valence-electron chi connectivity index (χ0n) is 17.2. The first kappa shape index (κ1) is 19.5. The molecule has 0 atom stereocenters. The number of likely N-dealkylation sites (tertiary alicyclic amines) is 1. The molecule has 2 aliphatic heterocycles. The van der Waals surface area contributed by atoms with Crippen LogP contribution in [0.25, 0.3) is 11.3 Å². The summed E-state index contributed by atoms with van der Waals surface area (Å²) in [4.78, 5) is 29.2. The molecular weight excluding hydrogens is 370 g/mol. The van der Waals surface area contributed by atoms with E-state index in [-0.39, 0.29) is 23.5 Å². The summed E-state index contributed by atoms with van der Waals surface area (Å²) in [6.45, 7) is 8.29. The highest BCUT2D eigenvalue weighted by Crippen LogP contribution is 2.30. The second-order valence-electron chi connectivity index (χ2n) is 8.70. The molecule has 0 spiro atoms. The first-order chi connectivity index (χ1) is 13.9. The van der Waals surface area contributed by atoms with Crippen molar-refractivity contribution in [2.45, 2.75) is 39.7 Å². The fourth-order valence-corrected chi connectivity index (χ4v) is 4.15. The van der Waals surface area contributed by atoms with Gasteiger partial charge in [0.25, 0.3) is 5.91 Å². The summed E-state index contributed by atoms with van der Waals surface area (Å²) in [5.74, 6) is 0.458. The lowest BCUT2D eigenvalue weighted by Crippen LogP contribution is -2.55. The Bertz CT molecular complexity index is 898. The van der Waals surface area contributed by atoms with Crippen molar-refractivity contribution < 1.29 is 18.8 Å². The van der Waals surface area contributed by atoms with Crippen molar-refractivity contribution >= 4 is 12.0 Å². The van der Waals surface area contributed by atoms with E-state index in [0.29, 0.717) is 43.3 Å². The number of aromatic nitrogens is 1. The van der Waals surface area contributed by atoms with Gasteiger partial charge in [-0.2, -0.15) is 0 Å². The number of carbonyl (C=O) groups is 2. The highest BCUT2D eigenvalue weighted by molar-refractivity contribution is 6.00. The lowest BCUT2D eigenvalue weighted by molar-refractivity contribution is -0.0153. The molecule has 2 saturated heterocycles. The molecule has 0 unspecified atom stereocenters. The molecule has 0 bridgehead atoms. The van der Waals surface area contributed by atoms with E-state index in [9.17, 15) is 9.59 Å². The molecule has 2 aromatic rings. The summed E-state index contributed by atoms with van der Waals surface area (Å²) in [7, 11) is 0. The maximum absolute atomic E-state index is 13.2. The third kappa shape index (κ3) is 3.86. The van der Waals surface area contributed by atoms with E-state index < -0.39 is 0 Å². The number of carbonyl (C=O) groups excluding carboxylic acids is 2. The van der Waals surface area contributed by atoms with Crippen molar-refractivity contribution in [3.8, 4) is 11.3 Å². The molecule has 0 N–H and O–H groups in total. The predicted octanol–water partition coefficient (Wildman–Crippen LogP) is 3.73. The van der Waals surface area contributed by atoms with Crippen molar-refractivity contribution in [3.63, 3.8) is 0 Å². The van der Waals surface area contributed by atoms with E-state index in [1.165, 1.54) is 0 Å². The van der Waals surface area contributed by atoms with Gasteiger partial charge in [0.2, 0.25) is 0 Å². The van der Waals surface area contributed by atoms with Gasteiger partial charge in [0, 0.05) is 36.7 Å². The molecule has 2 aliphatic rings. The van der Waals surface area contributed by atoms with Gasteiger partial charge in [0.15, 0.2) is 0 Å². The topological polar surface area (TPSA) is 75.9 Å². The van der Waals surface area contributed by atoms with Crippen LogP contribution in [0.2, 0.25) is 0 Å². The molecule has 0 saturated carbocycles. The minimum absolute atomic E-state index is 0.0506. The second-order valence-corrected chi connectivity index (χ2v) is 8.70. The molecule has 4 rings (SSSR count). The molecule has 7 nitrogen and oxygen atoms in total. The molecule has 0 radical (unpaired) electrons. The van der Waals surface area contributed by atoms with Gasteiger partial charge in [-0.1, -0.05) is 49.3 Å². The van der Waals surface area contributed by atoms with Crippen LogP contribution in [-0.4, -0.2) is 59.2 Å². The van der Waals surface area contributed by atoms with E-state index >= 15 is 0 Å². The van der Waals surface area contributed by atoms with E-state index in [4.69, 9.17) is 9.26 Å². The van der Waals surface area contributed by atoms with Gasteiger partial charge < -0.3 is 19.1 Å². The molecule has 2 fully saturated rings. The minimum atomic E-state index is -0.240. The maximum Gasteiger partial charge on any atom is 0.410 e. The van der Waals surface area contributed by atoms with Crippen LogP contribution in [-0.2, 0) is 4.74 Å². The van der Waals surface area contributed by atoms with Crippen molar-refractivity contribution in [2.75, 3.05) is 26.2 Å². The molecule has 1 aromatic heterocycles. The monoisotopic (exact) mass is 397 g/mol. The summed E-state index contributed by atoms with van der Waals surface area (Å²) >= 11 is 0. The van der Waals surface area contributed by atoms with Crippen molar-refractivity contribution in [3.05, 3.63) is 41.7 Å². The van der Waals surface area contributed by atoms with E-state index in [1.54, 1.807) is 6.92 Å². The second kappa shape index (κ2) is 7.54. The van der Waals surface area contributed by atoms with Crippen LogP contribution in [0.4, 0.5) is 4.79 Å². The molecule has 154 valence electrons. The van der Waals surface area contributed by atoms with Crippen molar-refractivity contribution in [1.82, 2.24) is 15.0 Å². The van der Waals surface area contributed by atoms with Gasteiger partial charge in [-0.25, -0.2) is 4.79 Å². The van der Waals surface area contributed by atoms with Crippen LogP contribution in [0.3, 0.4) is 0 Å². The molecule has 1 aromatic carbocycles. The normalized spacial score (nSPS) is 19.9. The molecule has 3 heterocycles. The average Bonchev–Trinajstić information content (AvgIpc) is 3.11. The van der Waals surface area contributed by atoms with Gasteiger partial charge in [-0.3, -0.25) is 4.79 Å². The van der Waals surface area contributed by atoms with Gasteiger partial charge in [-0.15, -0.1) is 0 Å². The standard InChI is InChI=1S/C22H27N3O4/c1-15-18(19(23-29-15)16-7-5-4-6-8-16)20(26)24-11-9-17(10-12-24)25-13-22(2,3)14-28-21(25)27/h4-8,17H,9-14H2,1-3H3. The summed E-state index contributed by atoms with van der Waals surface area (Å²) in [6.07, 6.45) is 1.24. The van der Waals surface area contributed by atoms with Crippen LogP contribution in [0.15, 0.2) is 34.9 Å². The zero-order valence-corrected chi connectivity index (χ0v) is 17.2. The van der Waals surface area contributed by atoms with Gasteiger partial charge in [0.05, 0.1) is 6.61 Å². The van der Waals surface area contributed by atoms with E-state index in [0.717, 1.165) is 18.4 Å². The Morgan fingerprint density at radius 1 is 1.17 bits per heavy atom. The Morgan fingerprint density at radius 2 is 1.86 bits per heavy atom. The van der Waals surface area contributed by atoms with Crippen molar-refractivity contribution in [1.29, 1.82) is 0 Å². The lowest BCUT2D eigenvalue weighted by atomic mass is 9.91. The Kier molecular flexibility index (Phi) is 5.06.